The summed E-state index contributed by atoms with van der Waals surface area (Å²) in [5, 5.41) is 1.94. The summed E-state index contributed by atoms with van der Waals surface area (Å²) in [4.78, 5) is 20.1. The van der Waals surface area contributed by atoms with Crippen LogP contribution in [-0.2, 0) is 23.2 Å². The number of rotatable bonds is 6. The van der Waals surface area contributed by atoms with Crippen molar-refractivity contribution in [1.29, 1.82) is 0 Å². The van der Waals surface area contributed by atoms with Gasteiger partial charge in [0.1, 0.15) is 0 Å². The van der Waals surface area contributed by atoms with Gasteiger partial charge >= 0.3 is 16.8 Å². The fourth-order valence-corrected chi connectivity index (χ4v) is 5.54. The molecule has 5 rings (SSSR count). The number of hydrogen-bond donors (Lipinski definition) is 0. The molecule has 2 aliphatic heterocycles. The second-order valence-electron chi connectivity index (χ2n) is 9.63. The molecular weight excluding hydrogens is 635 g/mol. The zero-order chi connectivity index (χ0) is 25.4. The summed E-state index contributed by atoms with van der Waals surface area (Å²) in [5.74, 6) is 0. The van der Waals surface area contributed by atoms with Gasteiger partial charge in [-0.1, -0.05) is 78.9 Å². The maximum Gasteiger partial charge on any atom is 2.00 e. The molecule has 3 aromatic heterocycles. The number of allylic oxidation sites excluding steroid dienone is 3. The molecule has 0 N–H and O–H groups in total. The summed E-state index contributed by atoms with van der Waals surface area (Å²) in [6.07, 6.45) is 6.21. The Bertz CT molecular complexity index is 1560. The van der Waals surface area contributed by atoms with E-state index < -0.39 is 0 Å². The molecule has 1 radical (unpaired) electrons. The summed E-state index contributed by atoms with van der Waals surface area (Å²) in [7, 11) is 0. The third-order valence-corrected chi connectivity index (χ3v) is 8.17. The smallest absolute Gasteiger partial charge is 0.658 e. The standard InChI is InChI=1S/C30H30Br2N4.Co/c1-17-11-22-14-27-19(3)23(7-5-9-31)29(35-27)16-30-24(8-6-10-32)20(4)28(36-30)15-26-18(2)12-21(34-26)13-25(17)33-22;/h11-16H,5-10H2,1-4H3;/q-2;+2. The molecule has 4 nitrogen and oxygen atoms in total. The van der Waals surface area contributed by atoms with Crippen molar-refractivity contribution in [3.63, 3.8) is 0 Å². The van der Waals surface area contributed by atoms with Crippen LogP contribution in [0.5, 0.6) is 0 Å². The summed E-state index contributed by atoms with van der Waals surface area (Å²) < 4.78 is 0. The number of hydrogen-bond acceptors (Lipinski definition) is 2. The van der Waals surface area contributed by atoms with Crippen LogP contribution in [0.15, 0.2) is 30.3 Å². The van der Waals surface area contributed by atoms with Crippen LogP contribution in [0.1, 0.15) is 72.6 Å². The van der Waals surface area contributed by atoms with Gasteiger partial charge in [-0.2, -0.15) is 0 Å². The maximum atomic E-state index is 5.13. The Kier molecular flexibility index (Phi) is 8.99. The maximum absolute atomic E-state index is 5.13. The van der Waals surface area contributed by atoms with Crippen molar-refractivity contribution in [3.8, 4) is 0 Å². The van der Waals surface area contributed by atoms with Crippen molar-refractivity contribution in [3.05, 3.63) is 69.8 Å². The minimum absolute atomic E-state index is 0. The summed E-state index contributed by atoms with van der Waals surface area (Å²) in [6.45, 7) is 8.58. The van der Waals surface area contributed by atoms with Gasteiger partial charge in [-0.15, -0.1) is 22.1 Å². The number of fused-ring (bicyclic) bond motifs is 8. The zero-order valence-corrected chi connectivity index (χ0v) is 25.8. The van der Waals surface area contributed by atoms with Crippen molar-refractivity contribution >= 4 is 76.7 Å². The van der Waals surface area contributed by atoms with E-state index in [4.69, 9.17) is 19.9 Å². The number of alkyl halides is 2. The molecule has 0 saturated carbocycles. The first-order valence-corrected chi connectivity index (χ1v) is 14.7. The molecule has 7 heteroatoms. The minimum atomic E-state index is 0. The van der Waals surface area contributed by atoms with Crippen LogP contribution in [0.4, 0.5) is 0 Å². The molecule has 0 aliphatic carbocycles. The first kappa shape index (κ1) is 28.1. The molecule has 2 aliphatic rings. The molecular formula is C30H30Br2CoN4. The third-order valence-electron chi connectivity index (χ3n) is 7.05. The Labute approximate surface area is 246 Å². The van der Waals surface area contributed by atoms with E-state index >= 15 is 0 Å². The molecule has 0 amide bonds. The number of nitrogens with zero attached hydrogens (tertiary/aromatic N) is 4. The van der Waals surface area contributed by atoms with Crippen LogP contribution < -0.4 is 9.97 Å². The van der Waals surface area contributed by atoms with Gasteiger partial charge in [0.15, 0.2) is 0 Å². The Balaban J connectivity index is 0.00000320. The molecule has 8 bridgehead atoms. The summed E-state index contributed by atoms with van der Waals surface area (Å²) >= 11 is 7.22. The van der Waals surface area contributed by atoms with Crippen LogP contribution in [0.2, 0.25) is 0 Å². The molecule has 0 atom stereocenters. The van der Waals surface area contributed by atoms with E-state index in [1.807, 2.05) is 0 Å². The Morgan fingerprint density at radius 3 is 2.22 bits per heavy atom. The SMILES string of the molecule is CC1=Cc2cc3[n-]c(cc4nc(cc5[n-]c(cc1n2)cc5C)C(C)=C4CCCBr)c(CCCBr)c3C.[Co+2]. The van der Waals surface area contributed by atoms with Crippen LogP contribution in [0.25, 0.3) is 44.9 Å². The van der Waals surface area contributed by atoms with E-state index in [0.717, 1.165) is 92.3 Å². The average Bonchev–Trinajstić information content (AvgIpc) is 3.53. The number of halogens is 2. The molecule has 0 saturated heterocycles. The molecule has 3 aromatic rings. The van der Waals surface area contributed by atoms with Gasteiger partial charge in [0.2, 0.25) is 0 Å². The van der Waals surface area contributed by atoms with Crippen molar-refractivity contribution in [2.75, 3.05) is 10.7 Å². The second kappa shape index (κ2) is 11.8. The van der Waals surface area contributed by atoms with Crippen molar-refractivity contribution in [2.45, 2.75) is 53.4 Å². The van der Waals surface area contributed by atoms with E-state index in [1.165, 1.54) is 22.3 Å². The predicted octanol–water partition coefficient (Wildman–Crippen LogP) is 8.18. The topological polar surface area (TPSA) is 54.0 Å². The Morgan fingerprint density at radius 1 is 0.730 bits per heavy atom. The molecule has 0 aromatic carbocycles. The van der Waals surface area contributed by atoms with Gasteiger partial charge in [-0.25, -0.2) is 9.97 Å². The van der Waals surface area contributed by atoms with Crippen molar-refractivity contribution < 1.29 is 16.8 Å². The van der Waals surface area contributed by atoms with Gasteiger partial charge in [-0.05, 0) is 76.2 Å². The van der Waals surface area contributed by atoms with E-state index in [-0.39, 0.29) is 16.8 Å². The molecule has 0 unspecified atom stereocenters. The van der Waals surface area contributed by atoms with Crippen LogP contribution >= 0.6 is 31.9 Å². The van der Waals surface area contributed by atoms with Crippen molar-refractivity contribution in [2.24, 2.45) is 0 Å². The second-order valence-corrected chi connectivity index (χ2v) is 11.2. The Hall–Kier alpha value is -1.93. The molecule has 193 valence electrons. The van der Waals surface area contributed by atoms with E-state index in [0.29, 0.717) is 0 Å². The van der Waals surface area contributed by atoms with E-state index in [9.17, 15) is 0 Å². The average molecular weight is 665 g/mol. The van der Waals surface area contributed by atoms with Gasteiger partial charge in [0.25, 0.3) is 0 Å². The third kappa shape index (κ3) is 5.75. The van der Waals surface area contributed by atoms with Crippen LogP contribution in [0.3, 0.4) is 0 Å². The monoisotopic (exact) mass is 663 g/mol. The zero-order valence-electron chi connectivity index (χ0n) is 21.6. The molecule has 5 heterocycles. The largest absolute Gasteiger partial charge is 2.00 e. The van der Waals surface area contributed by atoms with Gasteiger partial charge in [0, 0.05) is 10.7 Å². The van der Waals surface area contributed by atoms with Crippen molar-refractivity contribution in [1.82, 2.24) is 19.9 Å². The fraction of sp³-hybridized carbons (Fsp3) is 0.333. The molecule has 0 fully saturated rings. The number of aromatic nitrogens is 4. The van der Waals surface area contributed by atoms with Crippen LogP contribution in [0, 0.1) is 13.8 Å². The first-order valence-electron chi connectivity index (χ1n) is 12.5. The van der Waals surface area contributed by atoms with E-state index in [2.05, 4.69) is 96.0 Å². The molecule has 0 spiro atoms. The quantitative estimate of drug-likeness (QED) is 0.250. The minimum Gasteiger partial charge on any atom is -0.658 e. The number of aryl methyl sites for hydroxylation is 3. The van der Waals surface area contributed by atoms with Gasteiger partial charge < -0.3 is 9.97 Å². The fourth-order valence-electron chi connectivity index (χ4n) is 4.98. The summed E-state index contributed by atoms with van der Waals surface area (Å²) in [6, 6.07) is 10.7. The molecule has 37 heavy (non-hydrogen) atoms. The predicted molar refractivity (Wildman–Crippen MR) is 160 cm³/mol. The Morgan fingerprint density at radius 2 is 1.46 bits per heavy atom. The van der Waals surface area contributed by atoms with Gasteiger partial charge in [0.05, 0.1) is 22.8 Å². The normalized spacial score (nSPS) is 13.1. The summed E-state index contributed by atoms with van der Waals surface area (Å²) in [5.41, 5.74) is 15.2. The first-order chi connectivity index (χ1) is 17.4. The van der Waals surface area contributed by atoms with Gasteiger partial charge in [-0.3, -0.25) is 0 Å². The van der Waals surface area contributed by atoms with E-state index in [1.54, 1.807) is 0 Å². The van der Waals surface area contributed by atoms with Crippen LogP contribution in [-0.4, -0.2) is 20.6 Å².